The molecule has 3 fully saturated rings. The van der Waals surface area contributed by atoms with Crippen LogP contribution in [0.3, 0.4) is 0 Å². The van der Waals surface area contributed by atoms with Crippen molar-refractivity contribution in [1.29, 1.82) is 0 Å². The van der Waals surface area contributed by atoms with Crippen LogP contribution in [-0.2, 0) is 13.1 Å². The number of halogens is 6. The molecule has 1 spiro atoms. The van der Waals surface area contributed by atoms with Crippen molar-refractivity contribution in [3.05, 3.63) is 58.4 Å². The third-order valence-corrected chi connectivity index (χ3v) is 9.09. The van der Waals surface area contributed by atoms with E-state index < -0.39 is 42.3 Å². The summed E-state index contributed by atoms with van der Waals surface area (Å²) in [5.74, 6) is -0.205. The standard InChI is InChI=1S/C27H26ClF5N6O2/c1-41-22-6-21(18(29)5-19(22)30)37-11-25(12-37)13-38(14-25)24-35-34-23-10-36(17-7-26(40,8-17)27(31,32)33)9-15-4-16(28)2-3-20(15)39(23)24/h2-6,17,40H,7-14H2,1H3. The van der Waals surface area contributed by atoms with Crippen LogP contribution >= 0.6 is 11.6 Å². The van der Waals surface area contributed by atoms with Gasteiger partial charge in [-0.15, -0.1) is 10.2 Å². The summed E-state index contributed by atoms with van der Waals surface area (Å²) in [4.78, 5) is 5.82. The molecule has 0 unspecified atom stereocenters. The molecule has 0 bridgehead atoms. The molecule has 4 heterocycles. The molecule has 0 radical (unpaired) electrons. The van der Waals surface area contributed by atoms with E-state index in [1.54, 1.807) is 12.1 Å². The summed E-state index contributed by atoms with van der Waals surface area (Å²) in [6, 6.07) is 7.14. The topological polar surface area (TPSA) is 69.9 Å². The van der Waals surface area contributed by atoms with Gasteiger partial charge in [0.15, 0.2) is 23.0 Å². The second-order valence-corrected chi connectivity index (χ2v) is 12.1. The first-order valence-corrected chi connectivity index (χ1v) is 13.6. The number of hydrogen-bond donors (Lipinski definition) is 1. The van der Waals surface area contributed by atoms with E-state index in [1.165, 1.54) is 13.2 Å². The Morgan fingerprint density at radius 2 is 1.66 bits per heavy atom. The lowest BCUT2D eigenvalue weighted by Crippen LogP contribution is -2.73. The number of aromatic nitrogens is 3. The molecule has 14 heteroatoms. The van der Waals surface area contributed by atoms with Crippen molar-refractivity contribution in [2.45, 2.75) is 43.8 Å². The number of alkyl halides is 3. The molecular weight excluding hydrogens is 571 g/mol. The minimum Gasteiger partial charge on any atom is -0.494 e. The first kappa shape index (κ1) is 26.7. The first-order chi connectivity index (χ1) is 19.4. The van der Waals surface area contributed by atoms with Gasteiger partial charge >= 0.3 is 6.18 Å². The Balaban J connectivity index is 1.10. The summed E-state index contributed by atoms with van der Waals surface area (Å²) in [6.07, 6.45) is -5.49. The number of anilines is 2. The van der Waals surface area contributed by atoms with E-state index >= 15 is 0 Å². The molecule has 8 nitrogen and oxygen atoms in total. The van der Waals surface area contributed by atoms with Gasteiger partial charge in [-0.2, -0.15) is 13.2 Å². The summed E-state index contributed by atoms with van der Waals surface area (Å²) in [6.45, 7) is 3.07. The van der Waals surface area contributed by atoms with Crippen molar-refractivity contribution >= 4 is 23.2 Å². The van der Waals surface area contributed by atoms with Crippen molar-refractivity contribution in [1.82, 2.24) is 19.7 Å². The number of benzene rings is 2. The summed E-state index contributed by atoms with van der Waals surface area (Å²) in [5, 5.41) is 19.4. The minimum absolute atomic E-state index is 0.0125. The molecule has 2 aromatic carbocycles. The number of aliphatic hydroxyl groups is 1. The van der Waals surface area contributed by atoms with Crippen LogP contribution in [0, 0.1) is 17.0 Å². The van der Waals surface area contributed by atoms with Gasteiger partial charge in [0.05, 0.1) is 25.0 Å². The Labute approximate surface area is 236 Å². The van der Waals surface area contributed by atoms with E-state index in [0.29, 0.717) is 55.2 Å². The average Bonchev–Trinajstić information content (AvgIpc) is 3.15. The van der Waals surface area contributed by atoms with E-state index in [-0.39, 0.29) is 17.7 Å². The lowest BCUT2D eigenvalue weighted by Gasteiger charge is -2.61. The van der Waals surface area contributed by atoms with E-state index in [4.69, 9.17) is 16.3 Å². The molecule has 2 saturated heterocycles. The maximum atomic E-state index is 14.5. The third-order valence-electron chi connectivity index (χ3n) is 8.85. The van der Waals surface area contributed by atoms with E-state index in [1.807, 2.05) is 20.4 Å². The van der Waals surface area contributed by atoms with Crippen LogP contribution in [0.2, 0.25) is 5.02 Å². The predicted octanol–water partition coefficient (Wildman–Crippen LogP) is 4.31. The monoisotopic (exact) mass is 596 g/mol. The van der Waals surface area contributed by atoms with Gasteiger partial charge < -0.3 is 19.6 Å². The molecule has 7 rings (SSSR count). The van der Waals surface area contributed by atoms with Gasteiger partial charge in [-0.25, -0.2) is 8.78 Å². The Morgan fingerprint density at radius 1 is 0.951 bits per heavy atom. The molecule has 1 aliphatic carbocycles. The van der Waals surface area contributed by atoms with Crippen LogP contribution < -0.4 is 14.5 Å². The number of rotatable bonds is 4. The normalized spacial score (nSPS) is 25.1. The summed E-state index contributed by atoms with van der Waals surface area (Å²) in [7, 11) is 1.34. The van der Waals surface area contributed by atoms with Crippen molar-refractivity contribution in [2.75, 3.05) is 43.1 Å². The van der Waals surface area contributed by atoms with Gasteiger partial charge in [-0.05, 0) is 23.8 Å². The number of fused-ring (bicyclic) bond motifs is 3. The highest BCUT2D eigenvalue weighted by molar-refractivity contribution is 6.30. The fraction of sp³-hybridized carbons (Fsp3) is 0.481. The van der Waals surface area contributed by atoms with Crippen LogP contribution in [-0.4, -0.2) is 75.9 Å². The highest BCUT2D eigenvalue weighted by Gasteiger charge is 2.62. The average molecular weight is 597 g/mol. The number of hydrogen-bond acceptors (Lipinski definition) is 7. The zero-order valence-electron chi connectivity index (χ0n) is 21.9. The second kappa shape index (κ2) is 8.92. The molecule has 1 N–H and O–H groups in total. The molecular formula is C27H26ClF5N6O2. The second-order valence-electron chi connectivity index (χ2n) is 11.7. The lowest BCUT2D eigenvalue weighted by atomic mass is 9.72. The van der Waals surface area contributed by atoms with E-state index in [2.05, 4.69) is 15.1 Å². The molecule has 1 aromatic heterocycles. The largest absolute Gasteiger partial charge is 0.494 e. The fourth-order valence-electron chi connectivity index (χ4n) is 6.64. The molecule has 3 aromatic rings. The quantitative estimate of drug-likeness (QED) is 0.450. The van der Waals surface area contributed by atoms with Gasteiger partial charge in [0.2, 0.25) is 5.95 Å². The number of methoxy groups -OCH3 is 1. The van der Waals surface area contributed by atoms with Gasteiger partial charge in [0.25, 0.3) is 0 Å². The van der Waals surface area contributed by atoms with Crippen molar-refractivity contribution in [2.24, 2.45) is 5.41 Å². The highest BCUT2D eigenvalue weighted by Crippen LogP contribution is 2.49. The Kier molecular flexibility index (Phi) is 5.81. The zero-order chi connectivity index (χ0) is 28.9. The maximum Gasteiger partial charge on any atom is 0.417 e. The smallest absolute Gasteiger partial charge is 0.417 e. The Hall–Kier alpha value is -3.16. The SMILES string of the molecule is COc1cc(N2CC3(C2)CN(c2nnc4n2-c2ccc(Cl)cc2CN(C2CC(O)(C(F)(F)F)C2)C4)C3)c(F)cc1F. The molecule has 3 aliphatic heterocycles. The van der Waals surface area contributed by atoms with Gasteiger partial charge in [-0.3, -0.25) is 9.47 Å². The van der Waals surface area contributed by atoms with Gasteiger partial charge in [0, 0.05) is 74.2 Å². The summed E-state index contributed by atoms with van der Waals surface area (Å²) in [5.41, 5.74) is -0.846. The Morgan fingerprint density at radius 3 is 2.34 bits per heavy atom. The summed E-state index contributed by atoms with van der Waals surface area (Å²) >= 11 is 6.30. The third kappa shape index (κ3) is 4.15. The fourth-order valence-corrected chi connectivity index (χ4v) is 6.83. The van der Waals surface area contributed by atoms with E-state index in [0.717, 1.165) is 17.3 Å². The number of ether oxygens (including phenoxy) is 1. The minimum atomic E-state index is -4.68. The van der Waals surface area contributed by atoms with Gasteiger partial charge in [0.1, 0.15) is 5.82 Å². The van der Waals surface area contributed by atoms with Crippen molar-refractivity contribution < 1.29 is 31.8 Å². The summed E-state index contributed by atoms with van der Waals surface area (Å²) < 4.78 is 75.2. The maximum absolute atomic E-state index is 14.5. The lowest BCUT2D eigenvalue weighted by molar-refractivity contribution is -0.300. The first-order valence-electron chi connectivity index (χ1n) is 13.2. The van der Waals surface area contributed by atoms with Crippen LogP contribution in [0.1, 0.15) is 24.2 Å². The van der Waals surface area contributed by atoms with E-state index in [9.17, 15) is 27.1 Å². The van der Waals surface area contributed by atoms with Crippen LogP contribution in [0.25, 0.3) is 5.69 Å². The predicted molar refractivity (Wildman–Crippen MR) is 139 cm³/mol. The molecule has 4 aliphatic rings. The van der Waals surface area contributed by atoms with Crippen molar-refractivity contribution in [3.63, 3.8) is 0 Å². The highest BCUT2D eigenvalue weighted by atomic mass is 35.5. The molecule has 1 saturated carbocycles. The molecule has 41 heavy (non-hydrogen) atoms. The Bertz CT molecular complexity index is 1530. The van der Waals surface area contributed by atoms with Crippen LogP contribution in [0.4, 0.5) is 33.6 Å². The number of nitrogens with zero attached hydrogens (tertiary/aromatic N) is 6. The zero-order valence-corrected chi connectivity index (χ0v) is 22.7. The molecule has 0 atom stereocenters. The molecule has 218 valence electrons. The molecule has 0 amide bonds. The van der Waals surface area contributed by atoms with Crippen molar-refractivity contribution in [3.8, 4) is 11.4 Å². The van der Waals surface area contributed by atoms with Gasteiger partial charge in [-0.1, -0.05) is 11.6 Å². The van der Waals surface area contributed by atoms with Crippen LogP contribution in [0.5, 0.6) is 5.75 Å². The van der Waals surface area contributed by atoms with Crippen LogP contribution in [0.15, 0.2) is 30.3 Å².